The Hall–Kier alpha value is -1.20. The lowest BCUT2D eigenvalue weighted by Gasteiger charge is -2.34. The maximum atomic E-state index is 9.84. The second-order valence-corrected chi connectivity index (χ2v) is 5.08. The summed E-state index contributed by atoms with van der Waals surface area (Å²) in [6.45, 7) is 8.46. The van der Waals surface area contributed by atoms with E-state index in [0.29, 0.717) is 6.04 Å². The number of aliphatic hydroxyl groups is 1. The van der Waals surface area contributed by atoms with Crippen LogP contribution in [0.25, 0.3) is 0 Å². The number of nitrogens with one attached hydrogen (secondary N) is 1. The van der Waals surface area contributed by atoms with Gasteiger partial charge in [0.15, 0.2) is 0 Å². The van der Waals surface area contributed by atoms with Crippen molar-refractivity contribution in [1.82, 2.24) is 15.3 Å². The average Bonchev–Trinajstić information content (AvgIpc) is 2.29. The van der Waals surface area contributed by atoms with Gasteiger partial charge in [0.2, 0.25) is 5.95 Å². The molecule has 1 atom stereocenters. The molecule has 0 amide bonds. The molecule has 2 N–H and O–H groups in total. The van der Waals surface area contributed by atoms with E-state index in [1.165, 1.54) is 0 Å². The summed E-state index contributed by atoms with van der Waals surface area (Å²) in [5.41, 5.74) is -0.141. The molecular formula is C12H20N4O. The van der Waals surface area contributed by atoms with Gasteiger partial charge >= 0.3 is 0 Å². The van der Waals surface area contributed by atoms with Crippen molar-refractivity contribution >= 4 is 5.95 Å². The molecule has 17 heavy (non-hydrogen) atoms. The lowest BCUT2D eigenvalue weighted by Crippen LogP contribution is -2.50. The van der Waals surface area contributed by atoms with Crippen LogP contribution in [0.15, 0.2) is 12.4 Å². The quantitative estimate of drug-likeness (QED) is 0.783. The highest BCUT2D eigenvalue weighted by Crippen LogP contribution is 2.19. The third-order valence-electron chi connectivity index (χ3n) is 3.10. The second-order valence-electron chi connectivity index (χ2n) is 5.08. The lowest BCUT2D eigenvalue weighted by atomic mass is 10.0. The van der Waals surface area contributed by atoms with Crippen LogP contribution in [-0.2, 0) is 5.60 Å². The Labute approximate surface area is 102 Å². The zero-order valence-corrected chi connectivity index (χ0v) is 10.6. The first kappa shape index (κ1) is 12.3. The van der Waals surface area contributed by atoms with Crippen LogP contribution in [0.1, 0.15) is 26.3 Å². The minimum Gasteiger partial charge on any atom is -0.386 e. The van der Waals surface area contributed by atoms with E-state index in [2.05, 4.69) is 27.1 Å². The van der Waals surface area contributed by atoms with Crippen molar-refractivity contribution in [1.29, 1.82) is 0 Å². The van der Waals surface area contributed by atoms with Crippen LogP contribution >= 0.6 is 0 Å². The van der Waals surface area contributed by atoms with Crippen LogP contribution in [0.2, 0.25) is 0 Å². The summed E-state index contributed by atoms with van der Waals surface area (Å²) in [7, 11) is 0. The molecule has 94 valence electrons. The van der Waals surface area contributed by atoms with Gasteiger partial charge in [0.1, 0.15) is 0 Å². The third-order valence-corrected chi connectivity index (χ3v) is 3.10. The predicted molar refractivity (Wildman–Crippen MR) is 67.0 cm³/mol. The Morgan fingerprint density at radius 1 is 1.41 bits per heavy atom. The van der Waals surface area contributed by atoms with Crippen molar-refractivity contribution in [3.8, 4) is 0 Å². The van der Waals surface area contributed by atoms with Gasteiger partial charge in [-0.1, -0.05) is 0 Å². The Kier molecular flexibility index (Phi) is 3.31. The molecule has 1 aromatic heterocycles. The van der Waals surface area contributed by atoms with Gasteiger partial charge in [-0.15, -0.1) is 0 Å². The molecule has 0 radical (unpaired) electrons. The fourth-order valence-corrected chi connectivity index (χ4v) is 1.92. The van der Waals surface area contributed by atoms with Crippen LogP contribution in [0.3, 0.4) is 0 Å². The lowest BCUT2D eigenvalue weighted by molar-refractivity contribution is 0.0778. The summed E-state index contributed by atoms with van der Waals surface area (Å²) in [6.07, 6.45) is 3.41. The van der Waals surface area contributed by atoms with Crippen molar-refractivity contribution in [3.05, 3.63) is 18.0 Å². The number of hydrogen-bond donors (Lipinski definition) is 2. The molecule has 5 nitrogen and oxygen atoms in total. The van der Waals surface area contributed by atoms with Crippen LogP contribution in [0.4, 0.5) is 5.95 Å². The minimum absolute atomic E-state index is 0.400. The largest absolute Gasteiger partial charge is 0.386 e. The Morgan fingerprint density at radius 3 is 2.59 bits per heavy atom. The van der Waals surface area contributed by atoms with Gasteiger partial charge in [0.05, 0.1) is 5.60 Å². The molecule has 1 aliphatic heterocycles. The van der Waals surface area contributed by atoms with E-state index >= 15 is 0 Å². The summed E-state index contributed by atoms with van der Waals surface area (Å²) in [5, 5.41) is 13.2. The van der Waals surface area contributed by atoms with Gasteiger partial charge in [-0.2, -0.15) is 0 Å². The number of rotatable bonds is 2. The summed E-state index contributed by atoms with van der Waals surface area (Å²) in [6, 6.07) is 0.400. The summed E-state index contributed by atoms with van der Waals surface area (Å²) >= 11 is 0. The zero-order chi connectivity index (χ0) is 12.5. The molecule has 1 aromatic rings. The van der Waals surface area contributed by atoms with Crippen molar-refractivity contribution in [2.24, 2.45) is 0 Å². The van der Waals surface area contributed by atoms with Crippen LogP contribution < -0.4 is 10.2 Å². The molecule has 1 aliphatic rings. The number of nitrogens with zero attached hydrogens (tertiary/aromatic N) is 3. The molecular weight excluding hydrogens is 216 g/mol. The van der Waals surface area contributed by atoms with E-state index in [0.717, 1.165) is 31.1 Å². The van der Waals surface area contributed by atoms with Gasteiger partial charge in [0, 0.05) is 43.6 Å². The first-order valence-corrected chi connectivity index (χ1v) is 6.01. The Bertz CT molecular complexity index is 371. The number of anilines is 1. The van der Waals surface area contributed by atoms with E-state index in [1.807, 2.05) is 0 Å². The molecule has 0 spiro atoms. The smallest absolute Gasteiger partial charge is 0.225 e. The molecule has 0 saturated carbocycles. The maximum absolute atomic E-state index is 9.84. The average molecular weight is 236 g/mol. The highest BCUT2D eigenvalue weighted by atomic mass is 16.3. The molecule has 0 bridgehead atoms. The van der Waals surface area contributed by atoms with Crippen molar-refractivity contribution in [2.45, 2.75) is 32.4 Å². The molecule has 5 heteroatoms. The van der Waals surface area contributed by atoms with Crippen LogP contribution in [0.5, 0.6) is 0 Å². The van der Waals surface area contributed by atoms with Crippen molar-refractivity contribution < 1.29 is 5.11 Å². The van der Waals surface area contributed by atoms with E-state index < -0.39 is 5.60 Å². The zero-order valence-electron chi connectivity index (χ0n) is 10.6. The Morgan fingerprint density at radius 2 is 2.06 bits per heavy atom. The first-order chi connectivity index (χ1) is 7.98. The SMILES string of the molecule is C[C@H]1CNCCN1c1ncc(C(C)(C)O)cn1. The fourth-order valence-electron chi connectivity index (χ4n) is 1.92. The van der Waals surface area contributed by atoms with Crippen LogP contribution in [0, 0.1) is 0 Å². The molecule has 2 rings (SSSR count). The van der Waals surface area contributed by atoms with Gasteiger partial charge in [-0.25, -0.2) is 9.97 Å². The molecule has 0 aromatic carbocycles. The summed E-state index contributed by atoms with van der Waals surface area (Å²) in [4.78, 5) is 10.9. The monoisotopic (exact) mass is 236 g/mol. The fraction of sp³-hybridized carbons (Fsp3) is 0.667. The van der Waals surface area contributed by atoms with E-state index in [1.54, 1.807) is 26.2 Å². The maximum Gasteiger partial charge on any atom is 0.225 e. The molecule has 1 saturated heterocycles. The van der Waals surface area contributed by atoms with Crippen LogP contribution in [-0.4, -0.2) is 40.8 Å². The highest BCUT2D eigenvalue weighted by Gasteiger charge is 2.22. The molecule has 2 heterocycles. The third kappa shape index (κ3) is 2.73. The van der Waals surface area contributed by atoms with Gasteiger partial charge in [-0.05, 0) is 20.8 Å². The number of aromatic nitrogens is 2. The Balaban J connectivity index is 2.17. The van der Waals surface area contributed by atoms with E-state index in [-0.39, 0.29) is 0 Å². The van der Waals surface area contributed by atoms with Gasteiger partial charge < -0.3 is 15.3 Å². The molecule has 1 fully saturated rings. The summed E-state index contributed by atoms with van der Waals surface area (Å²) < 4.78 is 0. The van der Waals surface area contributed by atoms with Crippen molar-refractivity contribution in [3.63, 3.8) is 0 Å². The molecule has 0 aliphatic carbocycles. The van der Waals surface area contributed by atoms with Crippen molar-refractivity contribution in [2.75, 3.05) is 24.5 Å². The van der Waals surface area contributed by atoms with Gasteiger partial charge in [0.25, 0.3) is 0 Å². The van der Waals surface area contributed by atoms with Gasteiger partial charge in [-0.3, -0.25) is 0 Å². The predicted octanol–water partition coefficient (Wildman–Crippen LogP) is 0.502. The summed E-state index contributed by atoms with van der Waals surface area (Å²) in [5.74, 6) is 0.743. The topological polar surface area (TPSA) is 61.3 Å². The number of hydrogen-bond acceptors (Lipinski definition) is 5. The first-order valence-electron chi connectivity index (χ1n) is 6.01. The second kappa shape index (κ2) is 4.58. The molecule has 0 unspecified atom stereocenters. The minimum atomic E-state index is -0.881. The highest BCUT2D eigenvalue weighted by molar-refractivity contribution is 5.33. The van der Waals surface area contributed by atoms with E-state index in [9.17, 15) is 5.11 Å². The van der Waals surface area contributed by atoms with E-state index in [4.69, 9.17) is 0 Å². The standard InChI is InChI=1S/C12H20N4O/c1-9-6-13-4-5-16(9)11-14-7-10(8-15-11)12(2,3)17/h7-9,13,17H,4-6H2,1-3H3/t9-/m0/s1. The normalized spacial score (nSPS) is 21.6. The number of piperazine rings is 1.